The molecule has 2 aliphatic rings. The summed E-state index contributed by atoms with van der Waals surface area (Å²) in [6.07, 6.45) is 4.31. The first-order valence-corrected chi connectivity index (χ1v) is 6.51. The van der Waals surface area contributed by atoms with Crippen molar-refractivity contribution in [1.29, 1.82) is 0 Å². The summed E-state index contributed by atoms with van der Waals surface area (Å²) in [4.78, 5) is 22.4. The molecule has 1 aliphatic carbocycles. The monoisotopic (exact) mass is 243 g/mol. The van der Waals surface area contributed by atoms with Gasteiger partial charge in [0.1, 0.15) is 6.29 Å². The van der Waals surface area contributed by atoms with Gasteiger partial charge >= 0.3 is 0 Å². The SMILES string of the molecule is C[C@]12CCC(=O)N[C@@H]1CCc1cc(C=O)ccc12. The van der Waals surface area contributed by atoms with Crippen molar-refractivity contribution in [1.82, 2.24) is 5.32 Å². The number of rotatable bonds is 1. The second kappa shape index (κ2) is 3.94. The van der Waals surface area contributed by atoms with Gasteiger partial charge in [0.05, 0.1) is 0 Å². The van der Waals surface area contributed by atoms with Crippen molar-refractivity contribution >= 4 is 12.2 Å². The zero-order valence-corrected chi connectivity index (χ0v) is 10.5. The van der Waals surface area contributed by atoms with Crippen LogP contribution >= 0.6 is 0 Å². The summed E-state index contributed by atoms with van der Waals surface area (Å²) in [5.74, 6) is 0.172. The van der Waals surface area contributed by atoms with Gasteiger partial charge in [-0.1, -0.05) is 19.1 Å². The van der Waals surface area contributed by atoms with Crippen molar-refractivity contribution in [3.8, 4) is 0 Å². The number of aryl methyl sites for hydroxylation is 1. The topological polar surface area (TPSA) is 46.2 Å². The molecule has 3 nitrogen and oxygen atoms in total. The number of hydrogen-bond acceptors (Lipinski definition) is 2. The van der Waals surface area contributed by atoms with Crippen LogP contribution in [0.1, 0.15) is 47.7 Å². The minimum absolute atomic E-state index is 0.0307. The second-order valence-corrected chi connectivity index (χ2v) is 5.61. The summed E-state index contributed by atoms with van der Waals surface area (Å²) >= 11 is 0. The van der Waals surface area contributed by atoms with Crippen LogP contribution in [0.15, 0.2) is 18.2 Å². The number of carbonyl (C=O) groups excluding carboxylic acids is 2. The number of carbonyl (C=O) groups is 2. The molecule has 1 heterocycles. The van der Waals surface area contributed by atoms with Gasteiger partial charge < -0.3 is 5.32 Å². The molecule has 1 aromatic carbocycles. The average Bonchev–Trinajstić information content (AvgIpc) is 2.39. The van der Waals surface area contributed by atoms with Gasteiger partial charge in [-0.25, -0.2) is 0 Å². The Kier molecular flexibility index (Phi) is 2.51. The van der Waals surface area contributed by atoms with E-state index >= 15 is 0 Å². The van der Waals surface area contributed by atoms with Crippen LogP contribution in [-0.4, -0.2) is 18.2 Å². The molecule has 3 heteroatoms. The lowest BCUT2D eigenvalue weighted by Gasteiger charge is -2.46. The molecule has 1 aromatic rings. The van der Waals surface area contributed by atoms with E-state index in [1.54, 1.807) is 0 Å². The highest BCUT2D eigenvalue weighted by atomic mass is 16.1. The van der Waals surface area contributed by atoms with Crippen LogP contribution in [0.4, 0.5) is 0 Å². The van der Waals surface area contributed by atoms with E-state index in [1.165, 1.54) is 11.1 Å². The minimum Gasteiger partial charge on any atom is -0.352 e. The molecule has 1 saturated heterocycles. The Morgan fingerprint density at radius 2 is 2.22 bits per heavy atom. The van der Waals surface area contributed by atoms with E-state index in [-0.39, 0.29) is 17.4 Å². The van der Waals surface area contributed by atoms with Crippen molar-refractivity contribution in [2.24, 2.45) is 0 Å². The first-order chi connectivity index (χ1) is 8.63. The summed E-state index contributed by atoms with van der Waals surface area (Å²) in [6.45, 7) is 2.23. The number of nitrogens with one attached hydrogen (secondary N) is 1. The molecule has 0 bridgehead atoms. The normalized spacial score (nSPS) is 30.1. The van der Waals surface area contributed by atoms with Gasteiger partial charge in [0, 0.05) is 23.4 Å². The average molecular weight is 243 g/mol. The summed E-state index contributed by atoms with van der Waals surface area (Å²) < 4.78 is 0. The summed E-state index contributed by atoms with van der Waals surface area (Å²) in [7, 11) is 0. The quantitative estimate of drug-likeness (QED) is 0.767. The summed E-state index contributed by atoms with van der Waals surface area (Å²) in [5.41, 5.74) is 3.36. The molecule has 0 aromatic heterocycles. The number of piperidine rings is 1. The lowest BCUT2D eigenvalue weighted by atomic mass is 9.64. The second-order valence-electron chi connectivity index (χ2n) is 5.61. The molecule has 0 saturated carbocycles. The van der Waals surface area contributed by atoms with Crippen LogP contribution < -0.4 is 5.32 Å². The van der Waals surface area contributed by atoms with Crippen LogP contribution in [0.25, 0.3) is 0 Å². The van der Waals surface area contributed by atoms with Crippen molar-refractivity contribution in [3.05, 3.63) is 34.9 Å². The van der Waals surface area contributed by atoms with Crippen LogP contribution in [0, 0.1) is 0 Å². The van der Waals surface area contributed by atoms with Crippen LogP contribution in [0.5, 0.6) is 0 Å². The molecule has 1 N–H and O–H groups in total. The van der Waals surface area contributed by atoms with Gasteiger partial charge in [-0.15, -0.1) is 0 Å². The predicted molar refractivity (Wildman–Crippen MR) is 68.7 cm³/mol. The third-order valence-corrected chi connectivity index (χ3v) is 4.56. The Labute approximate surface area is 107 Å². The lowest BCUT2D eigenvalue weighted by Crippen LogP contribution is -2.55. The van der Waals surface area contributed by atoms with E-state index in [2.05, 4.69) is 18.3 Å². The Balaban J connectivity index is 2.06. The maximum atomic E-state index is 11.5. The molecule has 3 rings (SSSR count). The van der Waals surface area contributed by atoms with Gasteiger partial charge in [0.25, 0.3) is 0 Å². The Hall–Kier alpha value is -1.64. The number of amides is 1. The first-order valence-electron chi connectivity index (χ1n) is 6.51. The highest BCUT2D eigenvalue weighted by Gasteiger charge is 2.43. The molecule has 0 radical (unpaired) electrons. The predicted octanol–water partition coefficient (Wildman–Crippen LogP) is 1.98. The molecule has 94 valence electrons. The third-order valence-electron chi connectivity index (χ3n) is 4.56. The van der Waals surface area contributed by atoms with Gasteiger partial charge in [-0.05, 0) is 36.5 Å². The van der Waals surface area contributed by atoms with Gasteiger partial charge in [-0.2, -0.15) is 0 Å². The largest absolute Gasteiger partial charge is 0.352 e. The number of fused-ring (bicyclic) bond motifs is 3. The summed E-state index contributed by atoms with van der Waals surface area (Å²) in [6, 6.07) is 6.20. The van der Waals surface area contributed by atoms with Crippen molar-refractivity contribution in [2.45, 2.75) is 44.1 Å². The van der Waals surface area contributed by atoms with Crippen molar-refractivity contribution < 1.29 is 9.59 Å². The van der Waals surface area contributed by atoms with Crippen LogP contribution in [0.3, 0.4) is 0 Å². The van der Waals surface area contributed by atoms with E-state index in [0.717, 1.165) is 31.1 Å². The maximum absolute atomic E-state index is 11.5. The number of benzene rings is 1. The molecular weight excluding hydrogens is 226 g/mol. The van der Waals surface area contributed by atoms with Crippen molar-refractivity contribution in [3.63, 3.8) is 0 Å². The summed E-state index contributed by atoms with van der Waals surface area (Å²) in [5, 5.41) is 3.12. The van der Waals surface area contributed by atoms with E-state index in [4.69, 9.17) is 0 Å². The fourth-order valence-electron chi connectivity index (χ4n) is 3.44. The fourth-order valence-corrected chi connectivity index (χ4v) is 3.44. The molecule has 18 heavy (non-hydrogen) atoms. The Morgan fingerprint density at radius 1 is 1.39 bits per heavy atom. The maximum Gasteiger partial charge on any atom is 0.220 e. The molecule has 1 amide bonds. The fraction of sp³-hybridized carbons (Fsp3) is 0.467. The zero-order valence-electron chi connectivity index (χ0n) is 10.5. The molecule has 2 atom stereocenters. The minimum atomic E-state index is 0.0307. The lowest BCUT2D eigenvalue weighted by molar-refractivity contribution is -0.125. The Bertz CT molecular complexity index is 523. The molecule has 1 aliphatic heterocycles. The van der Waals surface area contributed by atoms with Gasteiger partial charge in [-0.3, -0.25) is 9.59 Å². The van der Waals surface area contributed by atoms with Crippen LogP contribution in [0.2, 0.25) is 0 Å². The van der Waals surface area contributed by atoms with Gasteiger partial charge in [0.15, 0.2) is 0 Å². The van der Waals surface area contributed by atoms with E-state index in [0.29, 0.717) is 6.42 Å². The van der Waals surface area contributed by atoms with Gasteiger partial charge in [0.2, 0.25) is 5.91 Å². The smallest absolute Gasteiger partial charge is 0.220 e. The van der Waals surface area contributed by atoms with E-state index in [9.17, 15) is 9.59 Å². The molecule has 1 fully saturated rings. The van der Waals surface area contributed by atoms with E-state index in [1.807, 2.05) is 12.1 Å². The molecular formula is C15H17NO2. The van der Waals surface area contributed by atoms with Crippen LogP contribution in [-0.2, 0) is 16.6 Å². The first kappa shape index (κ1) is 11.5. The molecule has 0 spiro atoms. The molecule has 0 unspecified atom stereocenters. The van der Waals surface area contributed by atoms with E-state index < -0.39 is 0 Å². The Morgan fingerprint density at radius 3 is 3.00 bits per heavy atom. The van der Waals surface area contributed by atoms with Crippen molar-refractivity contribution in [2.75, 3.05) is 0 Å². The number of aldehydes is 1. The highest BCUT2D eigenvalue weighted by molar-refractivity contribution is 5.79. The number of hydrogen-bond donors (Lipinski definition) is 1. The highest BCUT2D eigenvalue weighted by Crippen LogP contribution is 2.42. The zero-order chi connectivity index (χ0) is 12.8. The third kappa shape index (κ3) is 1.57. The standard InChI is InChI=1S/C15H17NO2/c1-15-7-6-14(18)16-13(15)5-3-11-8-10(9-17)2-4-12(11)15/h2,4,8-9,13H,3,5-7H2,1H3,(H,16,18)/t13-,15-/m1/s1.